The Morgan fingerprint density at radius 1 is 1.26 bits per heavy atom. The van der Waals surface area contributed by atoms with Crippen LogP contribution in [0.15, 0.2) is 45.7 Å². The van der Waals surface area contributed by atoms with Gasteiger partial charge in [0.15, 0.2) is 0 Å². The maximum atomic E-state index is 12.7. The van der Waals surface area contributed by atoms with Crippen LogP contribution in [0.2, 0.25) is 0 Å². The van der Waals surface area contributed by atoms with Gasteiger partial charge in [-0.05, 0) is 30.4 Å². The lowest BCUT2D eigenvalue weighted by atomic mass is 10.0. The van der Waals surface area contributed by atoms with E-state index in [4.69, 9.17) is 13.9 Å². The quantitative estimate of drug-likeness (QED) is 0.332. The van der Waals surface area contributed by atoms with Crippen molar-refractivity contribution in [3.8, 4) is 11.3 Å². The van der Waals surface area contributed by atoms with Crippen molar-refractivity contribution in [3.05, 3.63) is 52.6 Å². The van der Waals surface area contributed by atoms with Gasteiger partial charge in [-0.2, -0.15) is 4.98 Å². The predicted molar refractivity (Wildman–Crippen MR) is 132 cm³/mol. The van der Waals surface area contributed by atoms with Gasteiger partial charge in [0.05, 0.1) is 11.5 Å². The second kappa shape index (κ2) is 11.2. The van der Waals surface area contributed by atoms with Crippen LogP contribution in [0.4, 0.5) is 0 Å². The summed E-state index contributed by atoms with van der Waals surface area (Å²) in [7, 11) is 0. The molecule has 0 saturated carbocycles. The summed E-state index contributed by atoms with van der Waals surface area (Å²) in [5, 5.41) is 11.1. The zero-order chi connectivity index (χ0) is 24.9. The molecule has 3 heterocycles. The SMILES string of the molecule is CCCCCc1ccc(-c2cc3cn(C4CC(O)C(COC(=O)CC(C)C)O4)c(=O)nc3o2)cc1. The van der Waals surface area contributed by atoms with Crippen LogP contribution in [-0.4, -0.2) is 39.4 Å². The summed E-state index contributed by atoms with van der Waals surface area (Å²) < 4.78 is 18.3. The highest BCUT2D eigenvalue weighted by Crippen LogP contribution is 2.31. The number of aryl methyl sites for hydroxylation is 1. The Balaban J connectivity index is 1.46. The molecule has 0 amide bonds. The lowest BCUT2D eigenvalue weighted by Gasteiger charge is -2.16. The lowest BCUT2D eigenvalue weighted by molar-refractivity contribution is -0.151. The lowest BCUT2D eigenvalue weighted by Crippen LogP contribution is -2.29. The van der Waals surface area contributed by atoms with E-state index in [9.17, 15) is 14.7 Å². The Hall–Kier alpha value is -2.97. The van der Waals surface area contributed by atoms with Crippen molar-refractivity contribution >= 4 is 17.1 Å². The fourth-order valence-corrected chi connectivity index (χ4v) is 4.29. The first-order chi connectivity index (χ1) is 16.8. The molecule has 8 heteroatoms. The zero-order valence-electron chi connectivity index (χ0n) is 20.6. The van der Waals surface area contributed by atoms with Crippen molar-refractivity contribution in [2.24, 2.45) is 5.92 Å². The van der Waals surface area contributed by atoms with Gasteiger partial charge in [0.1, 0.15) is 24.7 Å². The first-order valence-corrected chi connectivity index (χ1v) is 12.4. The van der Waals surface area contributed by atoms with E-state index in [2.05, 4.69) is 24.0 Å². The molecule has 1 N–H and O–H groups in total. The Labute approximate surface area is 204 Å². The smallest absolute Gasteiger partial charge is 0.353 e. The molecule has 0 aliphatic carbocycles. The highest BCUT2D eigenvalue weighted by molar-refractivity contribution is 5.79. The molecule has 3 unspecified atom stereocenters. The highest BCUT2D eigenvalue weighted by atomic mass is 16.6. The number of aromatic nitrogens is 2. The highest BCUT2D eigenvalue weighted by Gasteiger charge is 2.36. The van der Waals surface area contributed by atoms with Gasteiger partial charge >= 0.3 is 11.7 Å². The summed E-state index contributed by atoms with van der Waals surface area (Å²) in [6, 6.07) is 10.1. The molecule has 8 nitrogen and oxygen atoms in total. The number of esters is 1. The number of fused-ring (bicyclic) bond motifs is 1. The standard InChI is InChI=1S/C27H34N2O6/c1-4-5-6-7-18-8-10-19(11-9-18)22-13-20-15-29(27(32)28-26(20)35-22)24-14-21(30)23(34-24)16-33-25(31)12-17(2)3/h8-11,13,15,17,21,23-24,30H,4-7,12,14,16H2,1-3H3. The van der Waals surface area contributed by atoms with E-state index in [1.165, 1.54) is 29.4 Å². The third kappa shape index (κ3) is 6.18. The fourth-order valence-electron chi connectivity index (χ4n) is 4.29. The minimum atomic E-state index is -0.856. The Kier molecular flexibility index (Phi) is 8.03. The summed E-state index contributed by atoms with van der Waals surface area (Å²) in [6.45, 7) is 6.00. The van der Waals surface area contributed by atoms with E-state index in [1.807, 2.05) is 32.0 Å². The van der Waals surface area contributed by atoms with Gasteiger partial charge < -0.3 is 19.0 Å². The van der Waals surface area contributed by atoms with Crippen LogP contribution in [0.5, 0.6) is 0 Å². The van der Waals surface area contributed by atoms with Crippen LogP contribution >= 0.6 is 0 Å². The number of carbonyl (C=O) groups excluding carboxylic acids is 1. The number of ether oxygens (including phenoxy) is 2. The Morgan fingerprint density at radius 2 is 2.03 bits per heavy atom. The van der Waals surface area contributed by atoms with Crippen LogP contribution in [0.3, 0.4) is 0 Å². The van der Waals surface area contributed by atoms with Crippen LogP contribution < -0.4 is 5.69 Å². The molecule has 1 aliphatic rings. The monoisotopic (exact) mass is 482 g/mol. The van der Waals surface area contributed by atoms with Gasteiger partial charge in [-0.15, -0.1) is 0 Å². The van der Waals surface area contributed by atoms with E-state index < -0.39 is 24.1 Å². The molecule has 2 aromatic heterocycles. The molecule has 1 aromatic carbocycles. The van der Waals surface area contributed by atoms with Crippen molar-refractivity contribution in [1.29, 1.82) is 0 Å². The first-order valence-electron chi connectivity index (χ1n) is 12.4. The number of benzene rings is 1. The van der Waals surface area contributed by atoms with Crippen molar-refractivity contribution in [2.75, 3.05) is 6.61 Å². The molecule has 1 saturated heterocycles. The number of hydrogen-bond acceptors (Lipinski definition) is 7. The first kappa shape index (κ1) is 25.1. The minimum Gasteiger partial charge on any atom is -0.463 e. The molecule has 4 rings (SSSR count). The molecule has 35 heavy (non-hydrogen) atoms. The van der Waals surface area contributed by atoms with Crippen molar-refractivity contribution in [3.63, 3.8) is 0 Å². The van der Waals surface area contributed by atoms with E-state index in [-0.39, 0.29) is 30.6 Å². The topological polar surface area (TPSA) is 104 Å². The predicted octanol–water partition coefficient (Wildman–Crippen LogP) is 4.63. The number of rotatable bonds is 10. The van der Waals surface area contributed by atoms with Gasteiger partial charge in [-0.25, -0.2) is 4.79 Å². The van der Waals surface area contributed by atoms with Crippen LogP contribution in [0.1, 0.15) is 64.7 Å². The summed E-state index contributed by atoms with van der Waals surface area (Å²) in [5.74, 6) is 0.483. The van der Waals surface area contributed by atoms with Crippen LogP contribution in [0.25, 0.3) is 22.4 Å². The number of furan rings is 1. The van der Waals surface area contributed by atoms with E-state index >= 15 is 0 Å². The second-order valence-electron chi connectivity index (χ2n) is 9.67. The Morgan fingerprint density at radius 3 is 2.74 bits per heavy atom. The third-order valence-corrected chi connectivity index (χ3v) is 6.24. The van der Waals surface area contributed by atoms with Crippen molar-refractivity contribution < 1.29 is 23.8 Å². The molecule has 188 valence electrons. The zero-order valence-corrected chi connectivity index (χ0v) is 20.6. The number of nitrogens with zero attached hydrogens (tertiary/aromatic N) is 2. The van der Waals surface area contributed by atoms with Gasteiger partial charge in [-0.1, -0.05) is 57.9 Å². The molecule has 0 bridgehead atoms. The van der Waals surface area contributed by atoms with Crippen LogP contribution in [-0.2, 0) is 20.7 Å². The molecule has 3 aromatic rings. The number of aliphatic hydroxyl groups excluding tert-OH is 1. The summed E-state index contributed by atoms with van der Waals surface area (Å²) in [5.41, 5.74) is 1.93. The minimum absolute atomic E-state index is 0.0576. The molecule has 3 atom stereocenters. The van der Waals surface area contributed by atoms with Gasteiger partial charge in [-0.3, -0.25) is 9.36 Å². The summed E-state index contributed by atoms with van der Waals surface area (Å²) >= 11 is 0. The maximum absolute atomic E-state index is 12.7. The van der Waals surface area contributed by atoms with Crippen LogP contribution in [0, 0.1) is 5.92 Å². The summed E-state index contributed by atoms with van der Waals surface area (Å²) in [4.78, 5) is 28.6. The summed E-state index contributed by atoms with van der Waals surface area (Å²) in [6.07, 6.45) is 4.53. The van der Waals surface area contributed by atoms with Gasteiger partial charge in [0, 0.05) is 24.6 Å². The van der Waals surface area contributed by atoms with E-state index in [0.717, 1.165) is 12.0 Å². The van der Waals surface area contributed by atoms with Crippen molar-refractivity contribution in [1.82, 2.24) is 9.55 Å². The average molecular weight is 483 g/mol. The number of unbranched alkanes of at least 4 members (excludes halogenated alkanes) is 2. The van der Waals surface area contributed by atoms with E-state index in [1.54, 1.807) is 6.20 Å². The number of aliphatic hydroxyl groups is 1. The van der Waals surface area contributed by atoms with E-state index in [0.29, 0.717) is 17.6 Å². The molecule has 0 radical (unpaired) electrons. The molecule has 1 aliphatic heterocycles. The molecule has 0 spiro atoms. The maximum Gasteiger partial charge on any atom is 0.353 e. The second-order valence-corrected chi connectivity index (χ2v) is 9.67. The largest absolute Gasteiger partial charge is 0.463 e. The molecular weight excluding hydrogens is 448 g/mol. The van der Waals surface area contributed by atoms with Gasteiger partial charge in [0.25, 0.3) is 0 Å². The average Bonchev–Trinajstić information content (AvgIpc) is 3.40. The molecular formula is C27H34N2O6. The van der Waals surface area contributed by atoms with Gasteiger partial charge in [0.2, 0.25) is 5.71 Å². The third-order valence-electron chi connectivity index (χ3n) is 6.24. The normalized spacial score (nSPS) is 20.1. The number of hydrogen-bond donors (Lipinski definition) is 1. The fraction of sp³-hybridized carbons (Fsp3) is 0.519. The molecule has 1 fully saturated rings. The number of carbonyl (C=O) groups is 1. The Bertz CT molecular complexity index is 1200. The van der Waals surface area contributed by atoms with Crippen molar-refractivity contribution in [2.45, 2.75) is 77.7 Å².